The summed E-state index contributed by atoms with van der Waals surface area (Å²) in [5, 5.41) is 0. The SMILES string of the molecule is O=S(=O)(NCCC1=CCCCC1)N1CCOCC1. The van der Waals surface area contributed by atoms with Crippen LogP contribution in [0.2, 0.25) is 0 Å². The molecule has 0 aromatic rings. The lowest BCUT2D eigenvalue weighted by molar-refractivity contribution is 0.0725. The Morgan fingerprint density at radius 3 is 2.72 bits per heavy atom. The Balaban J connectivity index is 1.76. The van der Waals surface area contributed by atoms with Gasteiger partial charge in [-0.15, -0.1) is 0 Å². The molecule has 0 amide bonds. The fourth-order valence-corrected chi connectivity index (χ4v) is 3.52. The van der Waals surface area contributed by atoms with Gasteiger partial charge in [0.25, 0.3) is 10.2 Å². The lowest BCUT2D eigenvalue weighted by atomic mass is 9.97. The molecule has 2 rings (SSSR count). The summed E-state index contributed by atoms with van der Waals surface area (Å²) in [7, 11) is -3.31. The molecule has 0 bridgehead atoms. The Hall–Kier alpha value is -0.430. The van der Waals surface area contributed by atoms with Crippen LogP contribution in [-0.4, -0.2) is 45.6 Å². The van der Waals surface area contributed by atoms with E-state index in [1.165, 1.54) is 22.7 Å². The van der Waals surface area contributed by atoms with E-state index in [1.54, 1.807) is 0 Å². The second-order valence-corrected chi connectivity index (χ2v) is 6.52. The largest absolute Gasteiger partial charge is 0.379 e. The highest BCUT2D eigenvalue weighted by Gasteiger charge is 2.23. The van der Waals surface area contributed by atoms with Crippen molar-refractivity contribution in [1.82, 2.24) is 9.03 Å². The normalized spacial score (nSPS) is 22.8. The third-order valence-electron chi connectivity index (χ3n) is 3.43. The first-order valence-electron chi connectivity index (χ1n) is 6.69. The van der Waals surface area contributed by atoms with Gasteiger partial charge < -0.3 is 4.74 Å². The zero-order valence-electron chi connectivity index (χ0n) is 10.7. The van der Waals surface area contributed by atoms with Gasteiger partial charge in [-0.1, -0.05) is 11.6 Å². The maximum Gasteiger partial charge on any atom is 0.279 e. The van der Waals surface area contributed by atoms with Gasteiger partial charge in [-0.05, 0) is 32.1 Å². The molecule has 0 aromatic heterocycles. The van der Waals surface area contributed by atoms with Crippen molar-refractivity contribution in [2.24, 2.45) is 0 Å². The molecule has 1 aliphatic heterocycles. The summed E-state index contributed by atoms with van der Waals surface area (Å²) in [6, 6.07) is 0. The molecule has 1 N–H and O–H groups in total. The first kappa shape index (κ1) is 14.0. The average Bonchev–Trinajstić information content (AvgIpc) is 2.41. The first-order valence-corrected chi connectivity index (χ1v) is 8.13. The Labute approximate surface area is 109 Å². The zero-order chi connectivity index (χ0) is 12.8. The predicted molar refractivity (Wildman–Crippen MR) is 70.5 cm³/mol. The quantitative estimate of drug-likeness (QED) is 0.762. The molecule has 0 unspecified atom stereocenters. The lowest BCUT2D eigenvalue weighted by Gasteiger charge is -2.26. The van der Waals surface area contributed by atoms with E-state index in [2.05, 4.69) is 10.8 Å². The molecular formula is C12H22N2O3S. The fraction of sp³-hybridized carbons (Fsp3) is 0.833. The fourth-order valence-electron chi connectivity index (χ4n) is 2.35. The molecule has 6 heteroatoms. The van der Waals surface area contributed by atoms with Crippen LogP contribution in [0.25, 0.3) is 0 Å². The van der Waals surface area contributed by atoms with Crippen LogP contribution in [0.5, 0.6) is 0 Å². The minimum Gasteiger partial charge on any atom is -0.379 e. The van der Waals surface area contributed by atoms with Crippen LogP contribution in [0.4, 0.5) is 0 Å². The van der Waals surface area contributed by atoms with Crippen LogP contribution in [0.15, 0.2) is 11.6 Å². The third-order valence-corrected chi connectivity index (χ3v) is 5.04. The maximum absolute atomic E-state index is 12.0. The van der Waals surface area contributed by atoms with Crippen molar-refractivity contribution in [1.29, 1.82) is 0 Å². The second-order valence-electron chi connectivity index (χ2n) is 4.77. The van der Waals surface area contributed by atoms with Gasteiger partial charge in [0.1, 0.15) is 0 Å². The van der Waals surface area contributed by atoms with E-state index >= 15 is 0 Å². The third kappa shape index (κ3) is 4.05. The van der Waals surface area contributed by atoms with E-state index < -0.39 is 10.2 Å². The van der Waals surface area contributed by atoms with Crippen LogP contribution in [-0.2, 0) is 14.9 Å². The lowest BCUT2D eigenvalue weighted by Crippen LogP contribution is -2.46. The van der Waals surface area contributed by atoms with Gasteiger partial charge in [-0.2, -0.15) is 12.7 Å². The Kier molecular flexibility index (Phi) is 5.17. The number of nitrogens with zero attached hydrogens (tertiary/aromatic N) is 1. The van der Waals surface area contributed by atoms with Crippen molar-refractivity contribution >= 4 is 10.2 Å². The smallest absolute Gasteiger partial charge is 0.279 e. The highest BCUT2D eigenvalue weighted by atomic mass is 32.2. The molecule has 1 saturated heterocycles. The summed E-state index contributed by atoms with van der Waals surface area (Å²) in [5.74, 6) is 0. The molecule has 104 valence electrons. The molecule has 0 aromatic carbocycles. The summed E-state index contributed by atoms with van der Waals surface area (Å²) in [6.45, 7) is 2.40. The molecule has 1 fully saturated rings. The Morgan fingerprint density at radius 1 is 1.28 bits per heavy atom. The van der Waals surface area contributed by atoms with Crippen molar-refractivity contribution in [3.63, 3.8) is 0 Å². The van der Waals surface area contributed by atoms with Crippen molar-refractivity contribution in [2.45, 2.75) is 32.1 Å². The van der Waals surface area contributed by atoms with Gasteiger partial charge in [0.15, 0.2) is 0 Å². The topological polar surface area (TPSA) is 58.6 Å². The van der Waals surface area contributed by atoms with Crippen LogP contribution < -0.4 is 4.72 Å². The van der Waals surface area contributed by atoms with Gasteiger partial charge in [-0.25, -0.2) is 4.72 Å². The molecular weight excluding hydrogens is 252 g/mol. The molecule has 18 heavy (non-hydrogen) atoms. The van der Waals surface area contributed by atoms with E-state index in [-0.39, 0.29) is 0 Å². The van der Waals surface area contributed by atoms with E-state index in [1.807, 2.05) is 0 Å². The number of rotatable bonds is 5. The van der Waals surface area contributed by atoms with Crippen LogP contribution in [0.3, 0.4) is 0 Å². The Bertz CT molecular complexity index is 386. The summed E-state index contributed by atoms with van der Waals surface area (Å²) in [6.07, 6.45) is 7.87. The molecule has 0 spiro atoms. The van der Waals surface area contributed by atoms with Gasteiger partial charge >= 0.3 is 0 Å². The summed E-state index contributed by atoms with van der Waals surface area (Å²) in [4.78, 5) is 0. The van der Waals surface area contributed by atoms with E-state index in [0.29, 0.717) is 32.8 Å². The van der Waals surface area contributed by atoms with Crippen molar-refractivity contribution in [3.8, 4) is 0 Å². The number of allylic oxidation sites excluding steroid dienone is 1. The molecule has 0 radical (unpaired) electrons. The van der Waals surface area contributed by atoms with Gasteiger partial charge in [0.2, 0.25) is 0 Å². The highest BCUT2D eigenvalue weighted by molar-refractivity contribution is 7.87. The average molecular weight is 274 g/mol. The maximum atomic E-state index is 12.0. The monoisotopic (exact) mass is 274 g/mol. The Morgan fingerprint density at radius 2 is 2.06 bits per heavy atom. The van der Waals surface area contributed by atoms with Crippen molar-refractivity contribution < 1.29 is 13.2 Å². The second kappa shape index (κ2) is 6.65. The van der Waals surface area contributed by atoms with E-state index in [4.69, 9.17) is 4.74 Å². The van der Waals surface area contributed by atoms with Gasteiger partial charge in [0.05, 0.1) is 13.2 Å². The van der Waals surface area contributed by atoms with Gasteiger partial charge in [0, 0.05) is 19.6 Å². The summed E-state index contributed by atoms with van der Waals surface area (Å²) in [5.41, 5.74) is 1.39. The number of nitrogens with one attached hydrogen (secondary N) is 1. The number of hydrogen-bond acceptors (Lipinski definition) is 3. The molecule has 5 nitrogen and oxygen atoms in total. The minimum atomic E-state index is -3.31. The van der Waals surface area contributed by atoms with E-state index in [9.17, 15) is 8.42 Å². The predicted octanol–water partition coefficient (Wildman–Crippen LogP) is 1.04. The molecule has 1 aliphatic carbocycles. The number of ether oxygens (including phenoxy) is 1. The molecule has 1 heterocycles. The number of morpholine rings is 1. The molecule has 0 atom stereocenters. The van der Waals surface area contributed by atoms with Crippen LogP contribution >= 0.6 is 0 Å². The zero-order valence-corrected chi connectivity index (χ0v) is 11.5. The standard InChI is InChI=1S/C12H22N2O3S/c15-18(16,14-8-10-17-11-9-14)13-7-6-12-4-2-1-3-5-12/h4,13H,1-3,5-11H2. The van der Waals surface area contributed by atoms with Gasteiger partial charge in [-0.3, -0.25) is 0 Å². The molecule has 2 aliphatic rings. The van der Waals surface area contributed by atoms with Crippen molar-refractivity contribution in [2.75, 3.05) is 32.8 Å². The summed E-state index contributed by atoms with van der Waals surface area (Å²) >= 11 is 0. The highest BCUT2D eigenvalue weighted by Crippen LogP contribution is 2.19. The number of hydrogen-bond donors (Lipinski definition) is 1. The first-order chi connectivity index (χ1) is 8.68. The minimum absolute atomic E-state index is 0.456. The summed E-state index contributed by atoms with van der Waals surface area (Å²) < 4.78 is 33.2. The van der Waals surface area contributed by atoms with Crippen LogP contribution in [0, 0.1) is 0 Å². The van der Waals surface area contributed by atoms with Crippen molar-refractivity contribution in [3.05, 3.63) is 11.6 Å². The molecule has 0 saturated carbocycles. The van der Waals surface area contributed by atoms with Crippen LogP contribution in [0.1, 0.15) is 32.1 Å². The van der Waals surface area contributed by atoms with E-state index in [0.717, 1.165) is 19.3 Å².